The summed E-state index contributed by atoms with van der Waals surface area (Å²) in [5, 5.41) is -0.196. The van der Waals surface area contributed by atoms with Crippen molar-refractivity contribution in [1.82, 2.24) is 4.90 Å². The summed E-state index contributed by atoms with van der Waals surface area (Å²) in [6.07, 6.45) is 3.80. The van der Waals surface area contributed by atoms with Crippen LogP contribution in [0.5, 0.6) is 0 Å². The van der Waals surface area contributed by atoms with Gasteiger partial charge in [0, 0.05) is 13.6 Å². The number of hydrogen-bond acceptors (Lipinski definition) is 2. The monoisotopic (exact) mass is 187 g/mol. The first kappa shape index (κ1) is 11.6. The molecule has 0 saturated carbocycles. The second kappa shape index (κ2) is 6.12. The molecule has 0 N–H and O–H groups in total. The van der Waals surface area contributed by atoms with E-state index in [4.69, 9.17) is 0 Å². The Morgan fingerprint density at radius 3 is 2.75 bits per heavy atom. The molecule has 0 fully saturated rings. The third-order valence-corrected chi connectivity index (χ3v) is 1.86. The second-order valence-electron chi connectivity index (χ2n) is 2.87. The summed E-state index contributed by atoms with van der Waals surface area (Å²) in [5.74, 6) is 0.0856. The fourth-order valence-electron chi connectivity index (χ4n) is 0.902. The van der Waals surface area contributed by atoms with Gasteiger partial charge in [-0.3, -0.25) is 4.79 Å². The van der Waals surface area contributed by atoms with Gasteiger partial charge in [0.1, 0.15) is 0 Å². The predicted molar refractivity (Wildman–Crippen MR) is 55.5 cm³/mol. The summed E-state index contributed by atoms with van der Waals surface area (Å²) >= 11 is 4.07. The molecule has 0 rings (SSSR count). The quantitative estimate of drug-likeness (QED) is 0.395. The van der Waals surface area contributed by atoms with Crippen LogP contribution in [0, 0.1) is 0 Å². The molecular formula is C9H17NOS. The number of unbranched alkanes of at least 4 members (excludes halogenated alkanes) is 1. The van der Waals surface area contributed by atoms with E-state index in [1.165, 1.54) is 0 Å². The van der Waals surface area contributed by atoms with Crippen LogP contribution in [0.25, 0.3) is 0 Å². The molecule has 0 aromatic carbocycles. The molecule has 0 heterocycles. The number of amides is 1. The lowest BCUT2D eigenvalue weighted by atomic mass is 10.3. The summed E-state index contributed by atoms with van der Waals surface area (Å²) in [4.78, 5) is 13.0. The van der Waals surface area contributed by atoms with Crippen molar-refractivity contribution in [2.75, 3.05) is 13.6 Å². The Hall–Kier alpha value is -0.440. The summed E-state index contributed by atoms with van der Waals surface area (Å²) in [6, 6.07) is 0. The van der Waals surface area contributed by atoms with Gasteiger partial charge in [0.25, 0.3) is 0 Å². The lowest BCUT2D eigenvalue weighted by molar-refractivity contribution is -0.129. The first-order valence-electron chi connectivity index (χ1n) is 4.13. The predicted octanol–water partition coefficient (Wildman–Crippen LogP) is 1.73. The van der Waals surface area contributed by atoms with Crippen LogP contribution in [0.15, 0.2) is 12.7 Å². The third kappa shape index (κ3) is 4.44. The lowest BCUT2D eigenvalue weighted by Gasteiger charge is -2.18. The number of carbonyl (C=O) groups is 1. The van der Waals surface area contributed by atoms with Gasteiger partial charge in [0.05, 0.1) is 5.25 Å². The third-order valence-electron chi connectivity index (χ3n) is 1.64. The summed E-state index contributed by atoms with van der Waals surface area (Å²) in [6.45, 7) is 6.19. The molecule has 3 heteroatoms. The van der Waals surface area contributed by atoms with Gasteiger partial charge in [-0.1, -0.05) is 6.08 Å². The topological polar surface area (TPSA) is 20.3 Å². The van der Waals surface area contributed by atoms with Gasteiger partial charge in [-0.2, -0.15) is 12.6 Å². The van der Waals surface area contributed by atoms with Gasteiger partial charge in [0.2, 0.25) is 5.91 Å². The average Bonchev–Trinajstić information content (AvgIpc) is 2.03. The minimum absolute atomic E-state index is 0.0856. The van der Waals surface area contributed by atoms with E-state index >= 15 is 0 Å². The van der Waals surface area contributed by atoms with E-state index < -0.39 is 0 Å². The Balaban J connectivity index is 3.64. The van der Waals surface area contributed by atoms with Crippen LogP contribution in [0.2, 0.25) is 0 Å². The molecular weight excluding hydrogens is 170 g/mol. The van der Waals surface area contributed by atoms with Gasteiger partial charge in [0.15, 0.2) is 0 Å². The Kier molecular flexibility index (Phi) is 5.89. The molecule has 1 amide bonds. The van der Waals surface area contributed by atoms with Gasteiger partial charge in [-0.25, -0.2) is 0 Å². The van der Waals surface area contributed by atoms with Crippen LogP contribution >= 0.6 is 12.6 Å². The highest BCUT2D eigenvalue weighted by Gasteiger charge is 2.12. The molecule has 0 spiro atoms. The summed E-state index contributed by atoms with van der Waals surface area (Å²) < 4.78 is 0. The number of rotatable bonds is 5. The zero-order valence-electron chi connectivity index (χ0n) is 7.79. The van der Waals surface area contributed by atoms with Crippen LogP contribution in [-0.2, 0) is 4.79 Å². The highest BCUT2D eigenvalue weighted by Crippen LogP contribution is 2.00. The van der Waals surface area contributed by atoms with Crippen LogP contribution in [0.3, 0.4) is 0 Å². The average molecular weight is 187 g/mol. The summed E-state index contributed by atoms with van der Waals surface area (Å²) in [5.41, 5.74) is 0. The summed E-state index contributed by atoms with van der Waals surface area (Å²) in [7, 11) is 1.80. The van der Waals surface area contributed by atoms with Crippen molar-refractivity contribution < 1.29 is 4.79 Å². The van der Waals surface area contributed by atoms with Crippen LogP contribution in [-0.4, -0.2) is 29.6 Å². The van der Waals surface area contributed by atoms with Gasteiger partial charge < -0.3 is 4.90 Å². The Bertz CT molecular complexity index is 157. The maximum atomic E-state index is 11.3. The molecule has 0 aliphatic carbocycles. The number of thiol groups is 1. The van der Waals surface area contributed by atoms with E-state index in [1.54, 1.807) is 18.9 Å². The van der Waals surface area contributed by atoms with Crippen molar-refractivity contribution in [3.05, 3.63) is 12.7 Å². The van der Waals surface area contributed by atoms with E-state index in [2.05, 4.69) is 19.2 Å². The van der Waals surface area contributed by atoms with Crippen molar-refractivity contribution in [3.63, 3.8) is 0 Å². The number of hydrogen-bond donors (Lipinski definition) is 1. The number of nitrogens with zero attached hydrogens (tertiary/aromatic N) is 1. The molecule has 0 bridgehead atoms. The van der Waals surface area contributed by atoms with Crippen molar-refractivity contribution in [2.45, 2.75) is 25.0 Å². The van der Waals surface area contributed by atoms with Gasteiger partial charge in [-0.05, 0) is 19.8 Å². The van der Waals surface area contributed by atoms with Crippen molar-refractivity contribution in [1.29, 1.82) is 0 Å². The maximum absolute atomic E-state index is 11.3. The Labute approximate surface area is 80.0 Å². The fraction of sp³-hybridized carbons (Fsp3) is 0.667. The molecule has 0 saturated heterocycles. The fourth-order valence-corrected chi connectivity index (χ4v) is 1.10. The molecule has 2 nitrogen and oxygen atoms in total. The highest BCUT2D eigenvalue weighted by atomic mass is 32.1. The molecule has 1 atom stereocenters. The molecule has 70 valence electrons. The van der Waals surface area contributed by atoms with Crippen molar-refractivity contribution >= 4 is 18.5 Å². The molecule has 0 radical (unpaired) electrons. The SMILES string of the molecule is C=CCCCN(C)C(=O)C(C)S. The first-order chi connectivity index (χ1) is 5.59. The van der Waals surface area contributed by atoms with Crippen LogP contribution in [0.4, 0.5) is 0 Å². The molecule has 0 aliphatic rings. The maximum Gasteiger partial charge on any atom is 0.234 e. The normalized spacial score (nSPS) is 12.2. The largest absolute Gasteiger partial charge is 0.345 e. The van der Waals surface area contributed by atoms with E-state index in [1.807, 2.05) is 6.08 Å². The smallest absolute Gasteiger partial charge is 0.234 e. The van der Waals surface area contributed by atoms with Gasteiger partial charge in [-0.15, -0.1) is 6.58 Å². The Morgan fingerprint density at radius 1 is 1.75 bits per heavy atom. The minimum Gasteiger partial charge on any atom is -0.345 e. The van der Waals surface area contributed by atoms with Crippen molar-refractivity contribution in [2.24, 2.45) is 0 Å². The Morgan fingerprint density at radius 2 is 2.33 bits per heavy atom. The minimum atomic E-state index is -0.196. The van der Waals surface area contributed by atoms with Gasteiger partial charge >= 0.3 is 0 Å². The molecule has 0 aromatic rings. The van der Waals surface area contributed by atoms with E-state index in [0.29, 0.717) is 0 Å². The second-order valence-corrected chi connectivity index (χ2v) is 3.64. The molecule has 0 aromatic heterocycles. The zero-order chi connectivity index (χ0) is 9.56. The first-order valence-corrected chi connectivity index (χ1v) is 4.65. The molecule has 12 heavy (non-hydrogen) atoms. The standard InChI is InChI=1S/C9H17NOS/c1-4-5-6-7-10(3)9(11)8(2)12/h4,8,12H,1,5-7H2,2-3H3. The molecule has 0 aliphatic heterocycles. The van der Waals surface area contributed by atoms with Crippen molar-refractivity contribution in [3.8, 4) is 0 Å². The molecule has 1 unspecified atom stereocenters. The zero-order valence-corrected chi connectivity index (χ0v) is 8.68. The van der Waals surface area contributed by atoms with E-state index in [-0.39, 0.29) is 11.2 Å². The van der Waals surface area contributed by atoms with Crippen LogP contribution < -0.4 is 0 Å². The van der Waals surface area contributed by atoms with E-state index in [9.17, 15) is 4.79 Å². The number of carbonyl (C=O) groups excluding carboxylic acids is 1. The van der Waals surface area contributed by atoms with Crippen LogP contribution in [0.1, 0.15) is 19.8 Å². The lowest BCUT2D eigenvalue weighted by Crippen LogP contribution is -2.32. The van der Waals surface area contributed by atoms with E-state index in [0.717, 1.165) is 19.4 Å². The highest BCUT2D eigenvalue weighted by molar-refractivity contribution is 7.81. The number of allylic oxidation sites excluding steroid dienone is 1.